The van der Waals surface area contributed by atoms with Crippen LogP contribution in [-0.2, 0) is 0 Å². The number of primary amides is 1. The van der Waals surface area contributed by atoms with E-state index in [9.17, 15) is 4.79 Å². The van der Waals surface area contributed by atoms with E-state index in [0.29, 0.717) is 5.69 Å². The molecule has 5 heteroatoms. The van der Waals surface area contributed by atoms with E-state index in [4.69, 9.17) is 5.73 Å². The Balaban J connectivity index is 2.39. The number of nitrogens with two attached hydrogens (primary N) is 1. The predicted octanol–water partition coefficient (Wildman–Crippen LogP) is 2.22. The molecule has 0 fully saturated rings. The first-order valence-corrected chi connectivity index (χ1v) is 6.93. The van der Waals surface area contributed by atoms with Gasteiger partial charge in [-0.15, -0.1) is 0 Å². The quantitative estimate of drug-likeness (QED) is 0.602. The molecule has 1 aromatic rings. The molecule has 5 nitrogen and oxygen atoms in total. The van der Waals surface area contributed by atoms with Gasteiger partial charge in [0.25, 0.3) is 0 Å². The van der Waals surface area contributed by atoms with Crippen LogP contribution in [-0.4, -0.2) is 24.7 Å². The van der Waals surface area contributed by atoms with E-state index >= 15 is 0 Å². The second kappa shape index (κ2) is 7.26. The number of carbonyl (C=O) groups is 1. The van der Waals surface area contributed by atoms with Crippen LogP contribution < -0.4 is 21.7 Å². The lowest BCUT2D eigenvalue weighted by Crippen LogP contribution is -2.40. The van der Waals surface area contributed by atoms with Crippen molar-refractivity contribution < 1.29 is 4.79 Å². The van der Waals surface area contributed by atoms with Crippen molar-refractivity contribution >= 4 is 11.7 Å². The second-order valence-corrected chi connectivity index (χ2v) is 5.96. The summed E-state index contributed by atoms with van der Waals surface area (Å²) in [6.07, 6.45) is 0. The fourth-order valence-electron chi connectivity index (χ4n) is 1.84. The molecule has 112 valence electrons. The summed E-state index contributed by atoms with van der Waals surface area (Å²) in [6, 6.07) is 7.40. The summed E-state index contributed by atoms with van der Waals surface area (Å²) in [5, 5.41) is 9.44. The van der Waals surface area contributed by atoms with Gasteiger partial charge in [-0.3, -0.25) is 0 Å². The minimum atomic E-state index is -0.544. The zero-order valence-electron chi connectivity index (χ0n) is 12.8. The molecule has 0 spiro atoms. The van der Waals surface area contributed by atoms with Gasteiger partial charge in [0.1, 0.15) is 0 Å². The van der Waals surface area contributed by atoms with Gasteiger partial charge in [0.05, 0.1) is 0 Å². The topological polar surface area (TPSA) is 79.2 Å². The molecule has 0 saturated carbocycles. The number of nitrogens with one attached hydrogen (secondary N) is 3. The average molecular weight is 278 g/mol. The van der Waals surface area contributed by atoms with E-state index in [0.717, 1.165) is 13.1 Å². The fourth-order valence-corrected chi connectivity index (χ4v) is 1.84. The highest BCUT2D eigenvalue weighted by molar-refractivity contribution is 5.87. The number of hydrogen-bond acceptors (Lipinski definition) is 3. The maximum atomic E-state index is 10.7. The highest BCUT2D eigenvalue weighted by Gasteiger charge is 2.09. The molecule has 20 heavy (non-hydrogen) atoms. The Labute approximate surface area is 121 Å². The molecule has 1 rings (SSSR count). The summed E-state index contributed by atoms with van der Waals surface area (Å²) < 4.78 is 0. The number of amides is 2. The number of urea groups is 1. The van der Waals surface area contributed by atoms with Crippen LogP contribution >= 0.6 is 0 Å². The molecule has 0 saturated heterocycles. The Morgan fingerprint density at radius 2 is 1.80 bits per heavy atom. The van der Waals surface area contributed by atoms with Crippen LogP contribution in [0.3, 0.4) is 0 Å². The lowest BCUT2D eigenvalue weighted by atomic mass is 10.1. The minimum absolute atomic E-state index is 0.146. The Bertz CT molecular complexity index is 422. The lowest BCUT2D eigenvalue weighted by molar-refractivity contribution is 0.259. The normalized spacial score (nSPS) is 13.0. The minimum Gasteiger partial charge on any atom is -0.351 e. The SMILES string of the molecule is CC(NCCNC(C)(C)C)c1ccc(NC(N)=O)cc1. The molecular weight excluding hydrogens is 252 g/mol. The van der Waals surface area contributed by atoms with Gasteiger partial charge in [0, 0.05) is 30.4 Å². The standard InChI is InChI=1S/C15H26N4O/c1-11(17-9-10-18-15(2,3)4)12-5-7-13(8-6-12)19-14(16)20/h5-8,11,17-18H,9-10H2,1-4H3,(H3,16,19,20). The van der Waals surface area contributed by atoms with E-state index < -0.39 is 6.03 Å². The van der Waals surface area contributed by atoms with E-state index in [1.807, 2.05) is 24.3 Å². The Kier molecular flexibility index (Phi) is 5.98. The van der Waals surface area contributed by atoms with E-state index in [2.05, 4.69) is 43.6 Å². The van der Waals surface area contributed by atoms with Gasteiger partial charge in [0.2, 0.25) is 0 Å². The van der Waals surface area contributed by atoms with E-state index in [1.54, 1.807) is 0 Å². The van der Waals surface area contributed by atoms with Crippen LogP contribution in [0, 0.1) is 0 Å². The molecule has 1 aromatic carbocycles. The van der Waals surface area contributed by atoms with Crippen molar-refractivity contribution in [2.45, 2.75) is 39.3 Å². The van der Waals surface area contributed by atoms with Crippen molar-refractivity contribution in [3.05, 3.63) is 29.8 Å². The van der Waals surface area contributed by atoms with Crippen LogP contribution in [0.2, 0.25) is 0 Å². The molecule has 5 N–H and O–H groups in total. The van der Waals surface area contributed by atoms with E-state index in [1.165, 1.54) is 5.56 Å². The molecule has 0 aromatic heterocycles. The van der Waals surface area contributed by atoms with Crippen molar-refractivity contribution in [3.8, 4) is 0 Å². The van der Waals surface area contributed by atoms with Gasteiger partial charge in [-0.2, -0.15) is 0 Å². The largest absolute Gasteiger partial charge is 0.351 e. The summed E-state index contributed by atoms with van der Waals surface area (Å²) in [7, 11) is 0. The molecule has 0 heterocycles. The first kappa shape index (κ1) is 16.5. The maximum absolute atomic E-state index is 10.7. The van der Waals surface area contributed by atoms with Gasteiger partial charge in [-0.25, -0.2) is 4.79 Å². The first-order valence-electron chi connectivity index (χ1n) is 6.93. The Morgan fingerprint density at radius 3 is 2.30 bits per heavy atom. The van der Waals surface area contributed by atoms with Gasteiger partial charge >= 0.3 is 6.03 Å². The van der Waals surface area contributed by atoms with Crippen LogP contribution in [0.4, 0.5) is 10.5 Å². The number of benzene rings is 1. The highest BCUT2D eigenvalue weighted by atomic mass is 16.2. The summed E-state index contributed by atoms with van der Waals surface area (Å²) in [5.74, 6) is 0. The highest BCUT2D eigenvalue weighted by Crippen LogP contribution is 2.15. The second-order valence-electron chi connectivity index (χ2n) is 5.96. The molecule has 0 aliphatic heterocycles. The first-order chi connectivity index (χ1) is 9.28. The molecule has 0 bridgehead atoms. The monoisotopic (exact) mass is 278 g/mol. The van der Waals surface area contributed by atoms with Crippen LogP contribution in [0.15, 0.2) is 24.3 Å². The Morgan fingerprint density at radius 1 is 1.20 bits per heavy atom. The molecule has 0 aliphatic carbocycles. The zero-order chi connectivity index (χ0) is 15.2. The van der Waals surface area contributed by atoms with Crippen LogP contribution in [0.25, 0.3) is 0 Å². The van der Waals surface area contributed by atoms with Crippen molar-refractivity contribution in [1.82, 2.24) is 10.6 Å². The van der Waals surface area contributed by atoms with Gasteiger partial charge in [-0.1, -0.05) is 12.1 Å². The predicted molar refractivity (Wildman–Crippen MR) is 83.8 cm³/mol. The maximum Gasteiger partial charge on any atom is 0.316 e. The smallest absolute Gasteiger partial charge is 0.316 e. The number of rotatable bonds is 6. The van der Waals surface area contributed by atoms with Crippen LogP contribution in [0.5, 0.6) is 0 Å². The number of anilines is 1. The number of hydrogen-bond donors (Lipinski definition) is 4. The Hall–Kier alpha value is -1.59. The van der Waals surface area contributed by atoms with Crippen molar-refractivity contribution in [2.24, 2.45) is 5.73 Å². The molecule has 2 amide bonds. The summed E-state index contributed by atoms with van der Waals surface area (Å²) in [4.78, 5) is 10.7. The molecule has 1 atom stereocenters. The van der Waals surface area contributed by atoms with Gasteiger partial charge < -0.3 is 21.7 Å². The van der Waals surface area contributed by atoms with Gasteiger partial charge in [0.15, 0.2) is 0 Å². The summed E-state index contributed by atoms with van der Waals surface area (Å²) in [5.41, 5.74) is 7.10. The van der Waals surface area contributed by atoms with Crippen molar-refractivity contribution in [2.75, 3.05) is 18.4 Å². The van der Waals surface area contributed by atoms with Crippen molar-refractivity contribution in [1.29, 1.82) is 0 Å². The van der Waals surface area contributed by atoms with Crippen molar-refractivity contribution in [3.63, 3.8) is 0 Å². The molecule has 0 radical (unpaired) electrons. The third-order valence-corrected chi connectivity index (χ3v) is 2.91. The zero-order valence-corrected chi connectivity index (χ0v) is 12.8. The third-order valence-electron chi connectivity index (χ3n) is 2.91. The fraction of sp³-hybridized carbons (Fsp3) is 0.533. The lowest BCUT2D eigenvalue weighted by Gasteiger charge is -2.22. The molecule has 1 unspecified atom stereocenters. The van der Waals surface area contributed by atoms with E-state index in [-0.39, 0.29) is 11.6 Å². The molecular formula is C15H26N4O. The molecule has 0 aliphatic rings. The number of carbonyl (C=O) groups excluding carboxylic acids is 1. The van der Waals surface area contributed by atoms with Crippen LogP contribution in [0.1, 0.15) is 39.3 Å². The summed E-state index contributed by atoms with van der Waals surface area (Å²) >= 11 is 0. The third kappa shape index (κ3) is 6.54. The summed E-state index contributed by atoms with van der Waals surface area (Å²) in [6.45, 7) is 10.4. The van der Waals surface area contributed by atoms with Gasteiger partial charge in [-0.05, 0) is 45.4 Å². The average Bonchev–Trinajstić information content (AvgIpc) is 2.33.